The third-order valence-corrected chi connectivity index (χ3v) is 5.36. The molecule has 1 amide bonds. The molecule has 0 N–H and O–H groups in total. The minimum absolute atomic E-state index is 0.141. The molecule has 0 unspecified atom stereocenters. The summed E-state index contributed by atoms with van der Waals surface area (Å²) in [5.41, 5.74) is 1.51. The number of alkyl halides is 3. The Balaban J connectivity index is 1.40. The van der Waals surface area contributed by atoms with Crippen molar-refractivity contribution in [2.75, 3.05) is 26.2 Å². The normalized spacial score (nSPS) is 15.8. The van der Waals surface area contributed by atoms with Gasteiger partial charge in [-0.05, 0) is 24.6 Å². The van der Waals surface area contributed by atoms with E-state index in [2.05, 4.69) is 4.90 Å². The average molecular weight is 402 g/mol. The fraction of sp³-hybridized carbons (Fsp3) is 0.318. The van der Waals surface area contributed by atoms with E-state index in [-0.39, 0.29) is 5.91 Å². The number of hydrogen-bond donors (Lipinski definition) is 0. The molecule has 152 valence electrons. The van der Waals surface area contributed by atoms with Crippen LogP contribution in [0.3, 0.4) is 0 Å². The van der Waals surface area contributed by atoms with E-state index in [9.17, 15) is 18.0 Å². The molecule has 0 bridgehead atoms. The highest BCUT2D eigenvalue weighted by Gasteiger charge is 2.31. The van der Waals surface area contributed by atoms with Crippen molar-refractivity contribution in [3.63, 3.8) is 0 Å². The first-order chi connectivity index (χ1) is 13.8. The lowest BCUT2D eigenvalue weighted by molar-refractivity contribution is -0.137. The standard InChI is InChI=1S/C22H21F3N2O2/c1-15-18-7-2-3-8-19(18)29-20(15)21(28)27-11-9-26(10-12-27)14-16-5-4-6-17(13-16)22(23,24)25/h2-8,13H,9-12,14H2,1H3. The number of carbonyl (C=O) groups is 1. The van der Waals surface area contributed by atoms with Crippen LogP contribution in [0.25, 0.3) is 11.0 Å². The van der Waals surface area contributed by atoms with Gasteiger partial charge in [0.1, 0.15) is 5.58 Å². The fourth-order valence-corrected chi connectivity index (χ4v) is 3.74. The van der Waals surface area contributed by atoms with Gasteiger partial charge in [0.05, 0.1) is 5.56 Å². The van der Waals surface area contributed by atoms with Crippen LogP contribution in [0.5, 0.6) is 0 Å². The van der Waals surface area contributed by atoms with Crippen LogP contribution < -0.4 is 0 Å². The second-order valence-corrected chi connectivity index (χ2v) is 7.32. The lowest BCUT2D eigenvalue weighted by Gasteiger charge is -2.34. The molecule has 1 aliphatic heterocycles. The first-order valence-electron chi connectivity index (χ1n) is 9.49. The lowest BCUT2D eigenvalue weighted by atomic mass is 10.1. The first-order valence-corrected chi connectivity index (χ1v) is 9.49. The number of rotatable bonds is 3. The number of furan rings is 1. The molecule has 1 fully saturated rings. The predicted molar refractivity (Wildman–Crippen MR) is 104 cm³/mol. The summed E-state index contributed by atoms with van der Waals surface area (Å²) >= 11 is 0. The van der Waals surface area contributed by atoms with Gasteiger partial charge in [-0.1, -0.05) is 36.4 Å². The van der Waals surface area contributed by atoms with E-state index in [1.54, 1.807) is 11.0 Å². The van der Waals surface area contributed by atoms with Crippen molar-refractivity contribution < 1.29 is 22.4 Å². The van der Waals surface area contributed by atoms with Crippen LogP contribution in [0, 0.1) is 6.92 Å². The zero-order chi connectivity index (χ0) is 20.6. The highest BCUT2D eigenvalue weighted by atomic mass is 19.4. The van der Waals surface area contributed by atoms with Gasteiger partial charge < -0.3 is 9.32 Å². The number of fused-ring (bicyclic) bond motifs is 1. The summed E-state index contributed by atoms with van der Waals surface area (Å²) in [6, 6.07) is 12.9. The number of benzene rings is 2. The average Bonchev–Trinajstić information content (AvgIpc) is 3.04. The van der Waals surface area contributed by atoms with E-state index in [4.69, 9.17) is 4.42 Å². The molecule has 7 heteroatoms. The number of nitrogens with zero attached hydrogens (tertiary/aromatic N) is 2. The molecule has 0 saturated carbocycles. The SMILES string of the molecule is Cc1c(C(=O)N2CCN(Cc3cccc(C(F)(F)F)c3)CC2)oc2ccccc12. The predicted octanol–water partition coefficient (Wildman–Crippen LogP) is 4.72. The molecular weight excluding hydrogens is 381 g/mol. The summed E-state index contributed by atoms with van der Waals surface area (Å²) in [6.45, 7) is 4.52. The molecule has 1 aliphatic rings. The monoisotopic (exact) mass is 402 g/mol. The zero-order valence-electron chi connectivity index (χ0n) is 16.0. The highest BCUT2D eigenvalue weighted by Crippen LogP contribution is 2.30. The van der Waals surface area contributed by atoms with Crippen LogP contribution >= 0.6 is 0 Å². The zero-order valence-corrected chi connectivity index (χ0v) is 16.0. The van der Waals surface area contributed by atoms with Crippen molar-refractivity contribution in [3.8, 4) is 0 Å². The number of piperazine rings is 1. The van der Waals surface area contributed by atoms with Gasteiger partial charge >= 0.3 is 6.18 Å². The van der Waals surface area contributed by atoms with Crippen molar-refractivity contribution in [1.29, 1.82) is 0 Å². The van der Waals surface area contributed by atoms with E-state index in [0.717, 1.165) is 17.0 Å². The van der Waals surface area contributed by atoms with Crippen molar-refractivity contribution in [2.24, 2.45) is 0 Å². The van der Waals surface area contributed by atoms with Gasteiger partial charge in [-0.2, -0.15) is 13.2 Å². The Kier molecular flexibility index (Phi) is 5.08. The summed E-state index contributed by atoms with van der Waals surface area (Å²) in [7, 11) is 0. The smallest absolute Gasteiger partial charge is 0.416 e. The number of amides is 1. The third-order valence-electron chi connectivity index (χ3n) is 5.36. The van der Waals surface area contributed by atoms with Crippen molar-refractivity contribution >= 4 is 16.9 Å². The quantitative estimate of drug-likeness (QED) is 0.636. The Morgan fingerprint density at radius 1 is 1.03 bits per heavy atom. The topological polar surface area (TPSA) is 36.7 Å². The Labute approximate surface area is 166 Å². The fourth-order valence-electron chi connectivity index (χ4n) is 3.74. The molecule has 0 aliphatic carbocycles. The van der Waals surface area contributed by atoms with E-state index in [1.807, 2.05) is 31.2 Å². The molecule has 1 aromatic heterocycles. The van der Waals surface area contributed by atoms with Crippen LogP contribution in [-0.4, -0.2) is 41.9 Å². The first kappa shape index (κ1) is 19.5. The number of aryl methyl sites for hydroxylation is 1. The van der Waals surface area contributed by atoms with Gasteiger partial charge in [0, 0.05) is 43.7 Å². The maximum Gasteiger partial charge on any atom is 0.416 e. The summed E-state index contributed by atoms with van der Waals surface area (Å²) in [5.74, 6) is 0.218. The van der Waals surface area contributed by atoms with E-state index in [1.165, 1.54) is 12.1 Å². The van der Waals surface area contributed by atoms with Crippen LogP contribution in [0.1, 0.15) is 27.2 Å². The molecule has 2 heterocycles. The third kappa shape index (κ3) is 4.00. The van der Waals surface area contributed by atoms with Crippen LogP contribution in [0.15, 0.2) is 52.9 Å². The van der Waals surface area contributed by atoms with Gasteiger partial charge in [-0.15, -0.1) is 0 Å². The van der Waals surface area contributed by atoms with Gasteiger partial charge in [-0.3, -0.25) is 9.69 Å². The molecule has 0 spiro atoms. The van der Waals surface area contributed by atoms with Crippen molar-refractivity contribution in [2.45, 2.75) is 19.6 Å². The van der Waals surface area contributed by atoms with E-state index < -0.39 is 11.7 Å². The molecule has 29 heavy (non-hydrogen) atoms. The minimum atomic E-state index is -4.34. The molecule has 4 rings (SSSR count). The van der Waals surface area contributed by atoms with Crippen LogP contribution in [0.4, 0.5) is 13.2 Å². The van der Waals surface area contributed by atoms with Gasteiger partial charge in [0.15, 0.2) is 5.76 Å². The van der Waals surface area contributed by atoms with Gasteiger partial charge in [-0.25, -0.2) is 0 Å². The molecule has 0 atom stereocenters. The number of halogens is 3. The Morgan fingerprint density at radius 3 is 2.45 bits per heavy atom. The van der Waals surface area contributed by atoms with Crippen LogP contribution in [-0.2, 0) is 12.7 Å². The molecular formula is C22H21F3N2O2. The highest BCUT2D eigenvalue weighted by molar-refractivity contribution is 5.98. The maximum absolute atomic E-state index is 12.9. The molecule has 1 saturated heterocycles. The van der Waals surface area contributed by atoms with Crippen molar-refractivity contribution in [1.82, 2.24) is 9.80 Å². The second-order valence-electron chi connectivity index (χ2n) is 7.32. The summed E-state index contributed by atoms with van der Waals surface area (Å²) in [4.78, 5) is 16.7. The largest absolute Gasteiger partial charge is 0.451 e. The summed E-state index contributed by atoms with van der Waals surface area (Å²) < 4.78 is 44.4. The van der Waals surface area contributed by atoms with Gasteiger partial charge in [0.25, 0.3) is 5.91 Å². The Bertz CT molecular complexity index is 1030. The van der Waals surface area contributed by atoms with Gasteiger partial charge in [0.2, 0.25) is 0 Å². The molecule has 4 nitrogen and oxygen atoms in total. The molecule has 2 aromatic carbocycles. The Hall–Kier alpha value is -2.80. The van der Waals surface area contributed by atoms with Crippen molar-refractivity contribution in [3.05, 3.63) is 71.0 Å². The maximum atomic E-state index is 12.9. The number of hydrogen-bond acceptors (Lipinski definition) is 3. The number of para-hydroxylation sites is 1. The second kappa shape index (κ2) is 7.55. The summed E-state index contributed by atoms with van der Waals surface area (Å²) in [5, 5.41) is 0.930. The molecule has 3 aromatic rings. The van der Waals surface area contributed by atoms with Crippen LogP contribution in [0.2, 0.25) is 0 Å². The van der Waals surface area contributed by atoms with E-state index in [0.29, 0.717) is 49.6 Å². The Morgan fingerprint density at radius 2 is 1.76 bits per heavy atom. The lowest BCUT2D eigenvalue weighted by Crippen LogP contribution is -2.48. The number of carbonyl (C=O) groups excluding carboxylic acids is 1. The van der Waals surface area contributed by atoms with E-state index >= 15 is 0 Å². The minimum Gasteiger partial charge on any atom is -0.451 e. The molecule has 0 radical (unpaired) electrons. The summed E-state index contributed by atoms with van der Waals surface area (Å²) in [6.07, 6.45) is -4.34.